The van der Waals surface area contributed by atoms with Crippen molar-refractivity contribution in [2.75, 3.05) is 40.5 Å². The van der Waals surface area contributed by atoms with Gasteiger partial charge in [0, 0.05) is 0 Å². The summed E-state index contributed by atoms with van der Waals surface area (Å²) in [5.41, 5.74) is -4.28. The Balaban J connectivity index is 2.46. The van der Waals surface area contributed by atoms with Crippen LogP contribution >= 0.6 is 7.94 Å². The Morgan fingerprint density at radius 1 is 0.706 bits per heavy atom. The Morgan fingerprint density at radius 3 is 1.41 bits per heavy atom. The second-order valence-corrected chi connectivity index (χ2v) is 15.1. The SMILES string of the molecule is COC(OC)(C(C#N)(N(C(C)C)C(C)C)C(c1ccccc1)(c1ccccc1)c1ccccc1)[PH](O)(O)OCC(O)CN(CCC#N)CCC#N. The zero-order valence-corrected chi connectivity index (χ0v) is 31.4. The maximum atomic E-state index is 12.5. The normalized spacial score (nSPS) is 14.5. The van der Waals surface area contributed by atoms with Crippen molar-refractivity contribution >= 4 is 7.94 Å². The molecule has 3 aromatic rings. The molecule has 0 fully saturated rings. The van der Waals surface area contributed by atoms with Crippen molar-refractivity contribution in [3.8, 4) is 18.2 Å². The van der Waals surface area contributed by atoms with E-state index in [2.05, 4.69) is 18.2 Å². The van der Waals surface area contributed by atoms with Crippen molar-refractivity contribution in [3.05, 3.63) is 108 Å². The van der Waals surface area contributed by atoms with Crippen LogP contribution in [0, 0.1) is 34.0 Å². The molecule has 51 heavy (non-hydrogen) atoms. The van der Waals surface area contributed by atoms with Crippen molar-refractivity contribution in [2.45, 2.75) is 75.2 Å². The second kappa shape index (κ2) is 18.6. The van der Waals surface area contributed by atoms with Crippen LogP contribution in [-0.4, -0.2) is 94.4 Å². The number of nitriles is 3. The van der Waals surface area contributed by atoms with Crippen LogP contribution in [0.5, 0.6) is 0 Å². The minimum atomic E-state index is -5.46. The minimum absolute atomic E-state index is 0.00368. The van der Waals surface area contributed by atoms with E-state index < -0.39 is 49.2 Å². The molecule has 0 spiro atoms. The summed E-state index contributed by atoms with van der Waals surface area (Å²) >= 11 is 0. The Hall–Kier alpha value is -3.76. The van der Waals surface area contributed by atoms with Crippen LogP contribution in [0.25, 0.3) is 0 Å². The van der Waals surface area contributed by atoms with Gasteiger partial charge in [-0.25, -0.2) is 0 Å². The number of nitrogens with zero attached hydrogens (tertiary/aromatic N) is 5. The summed E-state index contributed by atoms with van der Waals surface area (Å²) in [6.07, 6.45) is -0.899. The Labute approximate surface area is 303 Å². The van der Waals surface area contributed by atoms with E-state index >= 15 is 0 Å². The van der Waals surface area contributed by atoms with E-state index in [0.717, 1.165) is 0 Å². The van der Waals surface area contributed by atoms with E-state index in [1.165, 1.54) is 14.2 Å². The van der Waals surface area contributed by atoms with Gasteiger partial charge in [-0.1, -0.05) is 0 Å². The summed E-state index contributed by atoms with van der Waals surface area (Å²) in [5, 5.41) is 41.4. The molecule has 0 radical (unpaired) electrons. The van der Waals surface area contributed by atoms with Crippen molar-refractivity contribution < 1.29 is 28.9 Å². The monoisotopic (exact) mass is 717 g/mol. The number of ether oxygens (including phenoxy) is 2. The molecule has 0 aliphatic carbocycles. The molecule has 0 heterocycles. The van der Waals surface area contributed by atoms with E-state index in [1.807, 2.05) is 124 Å². The fourth-order valence-corrected chi connectivity index (χ4v) is 9.63. The third kappa shape index (κ3) is 8.02. The molecule has 2 unspecified atom stereocenters. The first-order valence-electron chi connectivity index (χ1n) is 17.1. The van der Waals surface area contributed by atoms with Gasteiger partial charge in [0.2, 0.25) is 0 Å². The predicted molar refractivity (Wildman–Crippen MR) is 198 cm³/mol. The molecule has 0 bridgehead atoms. The second-order valence-electron chi connectivity index (χ2n) is 13.0. The Kier molecular flexibility index (Phi) is 15.2. The van der Waals surface area contributed by atoms with Gasteiger partial charge in [0.15, 0.2) is 0 Å². The van der Waals surface area contributed by atoms with Gasteiger partial charge >= 0.3 is 304 Å². The Bertz CT molecular complexity index is 1500. The maximum absolute atomic E-state index is 12.5. The third-order valence-corrected chi connectivity index (χ3v) is 11.5. The number of benzene rings is 3. The van der Waals surface area contributed by atoms with E-state index in [9.17, 15) is 20.2 Å². The number of aliphatic hydroxyl groups excluding tert-OH is 1. The van der Waals surface area contributed by atoms with Crippen molar-refractivity contribution in [1.29, 1.82) is 15.8 Å². The number of aliphatic hydroxyl groups is 1. The molecule has 0 saturated carbocycles. The van der Waals surface area contributed by atoms with Crippen LogP contribution in [0.15, 0.2) is 91.0 Å². The molecule has 274 valence electrons. The van der Waals surface area contributed by atoms with E-state index in [-0.39, 0.29) is 19.4 Å². The zero-order chi connectivity index (χ0) is 37.7. The molecule has 3 rings (SSSR count). The topological polar surface area (TPSA) is 166 Å². The van der Waals surface area contributed by atoms with E-state index in [1.54, 1.807) is 4.90 Å². The molecule has 3 N–H and O–H groups in total. The van der Waals surface area contributed by atoms with Gasteiger partial charge in [-0.05, 0) is 0 Å². The van der Waals surface area contributed by atoms with Gasteiger partial charge in [0.1, 0.15) is 0 Å². The molecule has 0 aliphatic heterocycles. The fourth-order valence-electron chi connectivity index (χ4n) is 7.64. The van der Waals surface area contributed by atoms with Crippen LogP contribution < -0.4 is 0 Å². The zero-order valence-electron chi connectivity index (χ0n) is 30.4. The average Bonchev–Trinajstić information content (AvgIpc) is 3.13. The van der Waals surface area contributed by atoms with Crippen LogP contribution in [-0.2, 0) is 19.4 Å². The summed E-state index contributed by atoms with van der Waals surface area (Å²) in [5.74, 6) is 0. The molecule has 2 atom stereocenters. The number of hydrogen-bond acceptors (Lipinski definition) is 11. The molecule has 0 saturated heterocycles. The van der Waals surface area contributed by atoms with Crippen LogP contribution in [0.1, 0.15) is 57.2 Å². The standard InChI is InChI=1S/C39H52N5O6P/c1-31(2)44(32(3)4)37(30-42,38(33-18-10-7-11-19-33,34-20-12-8-13-21-34)35-22-14-9-15-23-35)39(48-5,49-6)51(46,47)50-29-36(45)28-43(26-16-24-40)27-17-25-41/h7-15,18-23,31-32,36,45-47,51H,16-17,26-29H2,1-6H3. The first-order chi connectivity index (χ1) is 24.4. The summed E-state index contributed by atoms with van der Waals surface area (Å²) in [4.78, 5) is 28.6. The molecule has 0 aromatic heterocycles. The van der Waals surface area contributed by atoms with E-state index in [4.69, 9.17) is 24.5 Å². The number of rotatable bonds is 20. The van der Waals surface area contributed by atoms with Crippen molar-refractivity contribution in [1.82, 2.24) is 9.80 Å². The molecule has 0 amide bonds. The van der Waals surface area contributed by atoms with Crippen molar-refractivity contribution in [3.63, 3.8) is 0 Å². The molecule has 11 nitrogen and oxygen atoms in total. The average molecular weight is 718 g/mol. The summed E-state index contributed by atoms with van der Waals surface area (Å²) in [6.45, 7) is 7.74. The summed E-state index contributed by atoms with van der Waals surface area (Å²) < 4.78 is 18.5. The molecule has 12 heteroatoms. The fraction of sp³-hybridized carbons (Fsp3) is 0.462. The number of methoxy groups -OCH3 is 2. The quantitative estimate of drug-likeness (QED) is 0.0785. The van der Waals surface area contributed by atoms with Gasteiger partial charge in [-0.15, -0.1) is 0 Å². The first-order valence-corrected chi connectivity index (χ1v) is 18.9. The van der Waals surface area contributed by atoms with Crippen molar-refractivity contribution in [2.24, 2.45) is 0 Å². The van der Waals surface area contributed by atoms with Gasteiger partial charge in [-0.2, -0.15) is 0 Å². The number of hydrogen-bond donors (Lipinski definition) is 3. The van der Waals surface area contributed by atoms with Gasteiger partial charge < -0.3 is 0 Å². The first kappa shape index (κ1) is 41.7. The summed E-state index contributed by atoms with van der Waals surface area (Å²) in [6, 6.07) is 34.2. The molecule has 0 aliphatic rings. The van der Waals surface area contributed by atoms with Crippen LogP contribution in [0.3, 0.4) is 0 Å². The molecular formula is C39H52N5O6P. The Morgan fingerprint density at radius 2 is 1.10 bits per heavy atom. The third-order valence-electron chi connectivity index (χ3n) is 9.33. The van der Waals surface area contributed by atoms with Crippen LogP contribution in [0.2, 0.25) is 0 Å². The van der Waals surface area contributed by atoms with Crippen LogP contribution in [0.4, 0.5) is 0 Å². The van der Waals surface area contributed by atoms with Gasteiger partial charge in [0.05, 0.1) is 0 Å². The van der Waals surface area contributed by atoms with Gasteiger partial charge in [-0.3, -0.25) is 0 Å². The molecular weight excluding hydrogens is 665 g/mol. The van der Waals surface area contributed by atoms with Gasteiger partial charge in [0.25, 0.3) is 0 Å². The van der Waals surface area contributed by atoms with E-state index in [0.29, 0.717) is 29.8 Å². The summed E-state index contributed by atoms with van der Waals surface area (Å²) in [7, 11) is -2.93. The predicted octanol–water partition coefficient (Wildman–Crippen LogP) is 5.34. The molecule has 3 aromatic carbocycles.